The third-order valence-corrected chi connectivity index (χ3v) is 2.37. The van der Waals surface area contributed by atoms with Crippen molar-refractivity contribution in [2.75, 3.05) is 20.3 Å². The Hall–Kier alpha value is -1.45. The zero-order valence-electron chi connectivity index (χ0n) is 10.5. The number of aryl methyl sites for hydroxylation is 1. The molecule has 0 atom stereocenters. The number of imidazole rings is 1. The first kappa shape index (κ1) is 12.6. The molecule has 0 saturated carbocycles. The van der Waals surface area contributed by atoms with Crippen LogP contribution in [0, 0.1) is 0 Å². The summed E-state index contributed by atoms with van der Waals surface area (Å²) < 4.78 is 1.89. The fraction of sp³-hybridized carbons (Fsp3) is 0.583. The van der Waals surface area contributed by atoms with Gasteiger partial charge in [0.25, 0.3) is 0 Å². The fourth-order valence-corrected chi connectivity index (χ4v) is 1.42. The molecule has 90 valence electrons. The van der Waals surface area contributed by atoms with Crippen LogP contribution in [0.15, 0.2) is 31.1 Å². The highest BCUT2D eigenvalue weighted by atomic mass is 15.3. The predicted octanol–water partition coefficient (Wildman–Crippen LogP) is 1.88. The minimum atomic E-state index is 1.07. The molecule has 0 amide bonds. The molecule has 0 aliphatic carbocycles. The van der Waals surface area contributed by atoms with Gasteiger partial charge in [0.05, 0.1) is 13.0 Å². The summed E-state index contributed by atoms with van der Waals surface area (Å²) in [5.41, 5.74) is 0. The molecular formula is C12H22N4. The van der Waals surface area contributed by atoms with E-state index in [1.54, 1.807) is 12.5 Å². The Morgan fingerprint density at radius 1 is 1.25 bits per heavy atom. The van der Waals surface area contributed by atoms with Gasteiger partial charge in [0, 0.05) is 45.4 Å². The van der Waals surface area contributed by atoms with Crippen molar-refractivity contribution in [3.05, 3.63) is 31.1 Å². The van der Waals surface area contributed by atoms with E-state index in [2.05, 4.69) is 41.2 Å². The third kappa shape index (κ3) is 4.87. The summed E-state index contributed by atoms with van der Waals surface area (Å²) in [6.07, 6.45) is 12.3. The molecule has 0 unspecified atom stereocenters. The van der Waals surface area contributed by atoms with Gasteiger partial charge >= 0.3 is 0 Å². The van der Waals surface area contributed by atoms with E-state index >= 15 is 0 Å². The lowest BCUT2D eigenvalue weighted by Gasteiger charge is -2.17. The van der Waals surface area contributed by atoms with E-state index in [4.69, 9.17) is 0 Å². The Bertz CT molecular complexity index is 292. The molecule has 1 aromatic rings. The molecule has 0 aromatic carbocycles. The summed E-state index contributed by atoms with van der Waals surface area (Å²) in [5, 5.41) is 0. The van der Waals surface area contributed by atoms with Gasteiger partial charge in [-0.3, -0.25) is 0 Å². The molecule has 4 heteroatoms. The van der Waals surface area contributed by atoms with Crippen molar-refractivity contribution in [2.24, 2.45) is 7.05 Å². The summed E-state index contributed by atoms with van der Waals surface area (Å²) in [7, 11) is 4.04. The van der Waals surface area contributed by atoms with Crippen LogP contribution in [0.3, 0.4) is 0 Å². The van der Waals surface area contributed by atoms with Crippen LogP contribution < -0.4 is 0 Å². The first-order chi connectivity index (χ1) is 7.72. The molecule has 0 fully saturated rings. The second kappa shape index (κ2) is 6.93. The molecule has 2 heterocycles. The zero-order chi connectivity index (χ0) is 11.8. The summed E-state index contributed by atoms with van der Waals surface area (Å²) in [6.45, 7) is 4.50. The van der Waals surface area contributed by atoms with Gasteiger partial charge in [-0.25, -0.2) is 4.98 Å². The molecule has 1 aliphatic rings. The van der Waals surface area contributed by atoms with Crippen molar-refractivity contribution in [1.29, 1.82) is 0 Å². The molecule has 1 aromatic heterocycles. The van der Waals surface area contributed by atoms with E-state index in [1.807, 2.05) is 17.8 Å². The van der Waals surface area contributed by atoms with Gasteiger partial charge < -0.3 is 14.4 Å². The molecule has 4 nitrogen and oxygen atoms in total. The van der Waals surface area contributed by atoms with Crippen molar-refractivity contribution in [2.45, 2.75) is 19.8 Å². The molecule has 0 bridgehead atoms. The van der Waals surface area contributed by atoms with E-state index in [0.717, 1.165) is 6.67 Å². The van der Waals surface area contributed by atoms with E-state index in [0.29, 0.717) is 0 Å². The average molecular weight is 222 g/mol. The van der Waals surface area contributed by atoms with Crippen molar-refractivity contribution < 1.29 is 0 Å². The van der Waals surface area contributed by atoms with E-state index in [1.165, 1.54) is 19.4 Å². The van der Waals surface area contributed by atoms with Crippen LogP contribution >= 0.6 is 0 Å². The SMILES string of the molecule is CCCCN1C=CN(C)C1.Cn1ccnc1. The maximum atomic E-state index is 3.78. The predicted molar refractivity (Wildman–Crippen MR) is 66.6 cm³/mol. The van der Waals surface area contributed by atoms with Gasteiger partial charge in [0.15, 0.2) is 0 Å². The molecule has 0 spiro atoms. The van der Waals surface area contributed by atoms with Crippen molar-refractivity contribution >= 4 is 0 Å². The highest BCUT2D eigenvalue weighted by molar-refractivity contribution is 4.88. The van der Waals surface area contributed by atoms with Gasteiger partial charge in [-0.2, -0.15) is 0 Å². The molecular weight excluding hydrogens is 200 g/mol. The second-order valence-corrected chi connectivity index (χ2v) is 4.09. The highest BCUT2D eigenvalue weighted by Crippen LogP contribution is 2.04. The standard InChI is InChI=1S/C8H16N2.C4H6N2/c1-3-4-5-10-7-6-9(2)8-10;1-6-3-2-5-4-6/h6-7H,3-5,8H2,1-2H3;2-4H,1H3. The van der Waals surface area contributed by atoms with Crippen LogP contribution in [0.1, 0.15) is 19.8 Å². The molecule has 0 saturated heterocycles. The minimum Gasteiger partial charge on any atom is -0.362 e. The summed E-state index contributed by atoms with van der Waals surface area (Å²) in [5.74, 6) is 0. The Morgan fingerprint density at radius 3 is 2.44 bits per heavy atom. The smallest absolute Gasteiger partial charge is 0.0943 e. The summed E-state index contributed by atoms with van der Waals surface area (Å²) in [4.78, 5) is 8.31. The van der Waals surface area contributed by atoms with Crippen molar-refractivity contribution in [1.82, 2.24) is 19.4 Å². The highest BCUT2D eigenvalue weighted by Gasteiger charge is 2.05. The number of hydrogen-bond donors (Lipinski definition) is 0. The molecule has 1 aliphatic heterocycles. The van der Waals surface area contributed by atoms with Crippen LogP contribution in [0.5, 0.6) is 0 Å². The van der Waals surface area contributed by atoms with E-state index < -0.39 is 0 Å². The van der Waals surface area contributed by atoms with Crippen LogP contribution in [0.2, 0.25) is 0 Å². The Labute approximate surface area is 98.2 Å². The average Bonchev–Trinajstić information content (AvgIpc) is 2.88. The topological polar surface area (TPSA) is 24.3 Å². The maximum absolute atomic E-state index is 3.78. The van der Waals surface area contributed by atoms with E-state index in [9.17, 15) is 0 Å². The Balaban J connectivity index is 0.000000181. The van der Waals surface area contributed by atoms with Crippen LogP contribution in [-0.2, 0) is 7.05 Å². The van der Waals surface area contributed by atoms with Gasteiger partial charge in [-0.1, -0.05) is 13.3 Å². The Kier molecular flexibility index (Phi) is 5.46. The Morgan fingerprint density at radius 2 is 2.06 bits per heavy atom. The second-order valence-electron chi connectivity index (χ2n) is 4.09. The van der Waals surface area contributed by atoms with Crippen LogP contribution in [-0.4, -0.2) is 39.6 Å². The zero-order valence-corrected chi connectivity index (χ0v) is 10.5. The van der Waals surface area contributed by atoms with Gasteiger partial charge in [0.2, 0.25) is 0 Å². The lowest BCUT2D eigenvalue weighted by atomic mass is 10.3. The molecule has 0 radical (unpaired) electrons. The van der Waals surface area contributed by atoms with Crippen LogP contribution in [0.25, 0.3) is 0 Å². The number of hydrogen-bond acceptors (Lipinski definition) is 3. The van der Waals surface area contributed by atoms with Crippen LogP contribution in [0.4, 0.5) is 0 Å². The quantitative estimate of drug-likeness (QED) is 0.780. The first-order valence-electron chi connectivity index (χ1n) is 5.77. The summed E-state index contributed by atoms with van der Waals surface area (Å²) >= 11 is 0. The third-order valence-electron chi connectivity index (χ3n) is 2.37. The van der Waals surface area contributed by atoms with Gasteiger partial charge in [-0.05, 0) is 6.42 Å². The monoisotopic (exact) mass is 222 g/mol. The molecule has 2 rings (SSSR count). The van der Waals surface area contributed by atoms with Crippen molar-refractivity contribution in [3.63, 3.8) is 0 Å². The van der Waals surface area contributed by atoms with Crippen molar-refractivity contribution in [3.8, 4) is 0 Å². The van der Waals surface area contributed by atoms with E-state index in [-0.39, 0.29) is 0 Å². The fourth-order valence-electron chi connectivity index (χ4n) is 1.42. The first-order valence-corrected chi connectivity index (χ1v) is 5.77. The number of nitrogens with zero attached hydrogens (tertiary/aromatic N) is 4. The molecule has 16 heavy (non-hydrogen) atoms. The number of rotatable bonds is 3. The maximum Gasteiger partial charge on any atom is 0.0943 e. The summed E-state index contributed by atoms with van der Waals surface area (Å²) in [6, 6.07) is 0. The number of aromatic nitrogens is 2. The lowest BCUT2D eigenvalue weighted by molar-refractivity contribution is 0.293. The lowest BCUT2D eigenvalue weighted by Crippen LogP contribution is -2.23. The largest absolute Gasteiger partial charge is 0.362 e. The molecule has 0 N–H and O–H groups in total. The van der Waals surface area contributed by atoms with Gasteiger partial charge in [0.1, 0.15) is 0 Å². The van der Waals surface area contributed by atoms with Gasteiger partial charge in [-0.15, -0.1) is 0 Å². The minimum absolute atomic E-state index is 1.07. The number of unbranched alkanes of at least 4 members (excludes halogenated alkanes) is 1. The normalized spacial score (nSPS) is 13.9.